The molecule has 0 fully saturated rings. The number of rotatable bonds is 31. The zero-order valence-corrected chi connectivity index (χ0v) is 41.8. The lowest BCUT2D eigenvalue weighted by Gasteiger charge is -2.40. The van der Waals surface area contributed by atoms with Crippen LogP contribution in [0.4, 0.5) is 0 Å². The third kappa shape index (κ3) is 39.5. The Kier molecular flexibility index (Phi) is 31.4. The van der Waals surface area contributed by atoms with Gasteiger partial charge in [0.15, 0.2) is 8.32 Å². The predicted octanol–water partition coefficient (Wildman–Crippen LogP) is 4.50. The normalized spacial score (nSPS) is 13.5. The first-order valence-corrected chi connectivity index (χ1v) is 32.8. The Morgan fingerprint density at radius 3 is 1.60 bits per heavy atom. The van der Waals surface area contributed by atoms with Crippen molar-refractivity contribution in [2.24, 2.45) is 0 Å². The number of hydrogen-bond donors (Lipinski definition) is 4. The number of carbonyl (C=O) groups is 5. The van der Waals surface area contributed by atoms with E-state index in [1.807, 2.05) is 18.0 Å². The summed E-state index contributed by atoms with van der Waals surface area (Å²) in [6.45, 7) is 25.7. The van der Waals surface area contributed by atoms with Crippen LogP contribution in [-0.4, -0.2) is 145 Å². The smallest absolute Gasteiger partial charge is 0.316 e. The summed E-state index contributed by atoms with van der Waals surface area (Å²) in [5.74, 6) is -1.14. The third-order valence-corrected chi connectivity index (χ3v) is 21.3. The molecular formula is C36H77ClN4O12Si4. The number of amides is 2. The summed E-state index contributed by atoms with van der Waals surface area (Å²) < 4.78 is 33.4. The molecule has 0 aromatic heterocycles. The molecule has 2 unspecified atom stereocenters. The molecule has 336 valence electrons. The minimum Gasteiger partial charge on any atom is -0.469 e. The van der Waals surface area contributed by atoms with E-state index in [1.54, 1.807) is 6.92 Å². The van der Waals surface area contributed by atoms with Crippen molar-refractivity contribution in [1.29, 1.82) is 0 Å². The van der Waals surface area contributed by atoms with Gasteiger partial charge in [-0.25, -0.2) is 0 Å². The van der Waals surface area contributed by atoms with Gasteiger partial charge in [0, 0.05) is 78.4 Å². The number of nitrogens with zero attached hydrogens (tertiary/aromatic N) is 1. The zero-order valence-electron chi connectivity index (χ0n) is 37.1. The lowest BCUT2D eigenvalue weighted by Crippen LogP contribution is -2.56. The largest absolute Gasteiger partial charge is 0.469 e. The number of halogens is 1. The van der Waals surface area contributed by atoms with Crippen LogP contribution >= 0.6 is 11.1 Å². The first kappa shape index (κ1) is 57.4. The van der Waals surface area contributed by atoms with E-state index >= 15 is 0 Å². The lowest BCUT2D eigenvalue weighted by molar-refractivity contribution is -0.144. The van der Waals surface area contributed by atoms with Gasteiger partial charge in [0.1, 0.15) is 13.2 Å². The molecule has 0 spiro atoms. The fraction of sp³-hybridized carbons (Fsp3) is 0.861. The quantitative estimate of drug-likeness (QED) is 0.0249. The number of unbranched alkanes of at least 4 members (excludes halogenated alkanes) is 2. The Hall–Kier alpha value is -1.73. The second-order valence-corrected chi connectivity index (χ2v) is 33.7. The highest BCUT2D eigenvalue weighted by atomic mass is 35.6. The molecule has 0 aliphatic heterocycles. The second kappa shape index (κ2) is 31.2. The van der Waals surface area contributed by atoms with Gasteiger partial charge in [-0.05, 0) is 91.0 Å². The molecule has 2 atom stereocenters. The van der Waals surface area contributed by atoms with E-state index in [0.717, 1.165) is 6.04 Å². The first-order valence-electron chi connectivity index (χ1n) is 20.1. The summed E-state index contributed by atoms with van der Waals surface area (Å²) in [4.78, 5) is 59.3. The summed E-state index contributed by atoms with van der Waals surface area (Å²) in [5.41, 5.74) is 0. The number of esters is 3. The summed E-state index contributed by atoms with van der Waals surface area (Å²) in [6, 6.07) is 0.904. The number of nitrogens with one attached hydrogen (secondary N) is 3. The molecule has 0 aromatic rings. The molecule has 0 saturated heterocycles. The van der Waals surface area contributed by atoms with Crippen molar-refractivity contribution in [2.45, 2.75) is 137 Å². The van der Waals surface area contributed by atoms with E-state index in [4.69, 9.17) is 32.9 Å². The van der Waals surface area contributed by atoms with Crippen LogP contribution in [0.2, 0.25) is 58.4 Å². The van der Waals surface area contributed by atoms with Crippen molar-refractivity contribution >= 4 is 73.9 Å². The first-order chi connectivity index (χ1) is 26.3. The van der Waals surface area contributed by atoms with E-state index in [-0.39, 0.29) is 49.4 Å². The number of hydrogen-bond acceptors (Lipinski definition) is 14. The lowest BCUT2D eigenvalue weighted by atomic mass is 10.2. The summed E-state index contributed by atoms with van der Waals surface area (Å²) in [6.07, 6.45) is 3.01. The molecule has 0 radical (unpaired) electrons. The van der Waals surface area contributed by atoms with Gasteiger partial charge in [-0.1, -0.05) is 6.92 Å². The molecule has 2 amide bonds. The van der Waals surface area contributed by atoms with Gasteiger partial charge in [0.05, 0.1) is 13.2 Å². The van der Waals surface area contributed by atoms with Crippen molar-refractivity contribution in [3.8, 4) is 0 Å². The van der Waals surface area contributed by atoms with Crippen molar-refractivity contribution in [2.75, 3.05) is 66.1 Å². The van der Waals surface area contributed by atoms with Crippen LogP contribution in [0.5, 0.6) is 0 Å². The van der Waals surface area contributed by atoms with E-state index < -0.39 is 39.2 Å². The zero-order chi connectivity index (χ0) is 44.1. The minimum absolute atomic E-state index is 0.0617. The van der Waals surface area contributed by atoms with Crippen LogP contribution in [0.15, 0.2) is 0 Å². The van der Waals surface area contributed by atoms with Crippen LogP contribution < -0.4 is 16.0 Å². The maximum absolute atomic E-state index is 11.9. The Bertz CT molecular complexity index is 1160. The Labute approximate surface area is 351 Å². The summed E-state index contributed by atoms with van der Waals surface area (Å²) >= 11 is 6.31. The van der Waals surface area contributed by atoms with E-state index in [9.17, 15) is 29.1 Å². The van der Waals surface area contributed by atoms with Crippen LogP contribution in [-0.2, 0) is 50.5 Å². The monoisotopic (exact) mass is 904 g/mol. The molecule has 57 heavy (non-hydrogen) atoms. The van der Waals surface area contributed by atoms with Crippen molar-refractivity contribution in [3.05, 3.63) is 0 Å². The molecule has 0 aromatic carbocycles. The summed E-state index contributed by atoms with van der Waals surface area (Å²) in [5, 5.41) is 18.3. The van der Waals surface area contributed by atoms with Crippen molar-refractivity contribution in [3.63, 3.8) is 0 Å². The Balaban J connectivity index is 0. The number of carbonyl (C=O) groups excluding carboxylic acids is 5. The Morgan fingerprint density at radius 2 is 1.18 bits per heavy atom. The van der Waals surface area contributed by atoms with E-state index in [1.165, 1.54) is 14.0 Å². The van der Waals surface area contributed by atoms with Crippen molar-refractivity contribution < 1.29 is 55.6 Å². The van der Waals surface area contributed by atoms with Gasteiger partial charge in [-0.15, -0.1) is 11.1 Å². The molecule has 0 aliphatic carbocycles. The summed E-state index contributed by atoms with van der Waals surface area (Å²) in [7, 11) is -6.66. The molecule has 0 heterocycles. The average molecular weight is 906 g/mol. The van der Waals surface area contributed by atoms with E-state index in [2.05, 4.69) is 66.9 Å². The molecule has 16 nitrogen and oxygen atoms in total. The third-order valence-electron chi connectivity index (χ3n) is 7.57. The highest BCUT2D eigenvalue weighted by molar-refractivity contribution is 7.17. The number of aliphatic hydroxyl groups excluding tert-OH is 1. The number of aliphatic hydroxyl groups is 1. The Morgan fingerprint density at radius 1 is 0.702 bits per heavy atom. The molecule has 0 saturated carbocycles. The molecule has 0 aliphatic rings. The van der Waals surface area contributed by atoms with Crippen molar-refractivity contribution in [1.82, 2.24) is 20.9 Å². The molecular weight excluding hydrogens is 828 g/mol. The second-order valence-electron chi connectivity index (χ2n) is 15.8. The topological polar surface area (TPSA) is 200 Å². The molecule has 0 rings (SSSR count). The standard InChI is InChI=1S/C26H48N4O9.C10H29ClO3Si4/c1-21(31)20-30(16-18-38-22(2)32)17-19-39-26(36)11-7-5-9-24(34)29-15-13-27-12-14-28-23(33)8-4-6-10-25(35)37-3;1-10-18(9,13-16(5,6)11)14-17(7,8)12-15(2,3)4/h21,27,31H,4-20H2,1-3H3,(H,28,33)(H,29,34);10H2,1-9H3. The van der Waals surface area contributed by atoms with Gasteiger partial charge in [0.2, 0.25) is 11.8 Å². The number of methoxy groups -OCH3 is 1. The minimum atomic E-state index is -2.21. The van der Waals surface area contributed by atoms with Gasteiger partial charge in [-0.2, -0.15) is 0 Å². The number of ether oxygens (including phenoxy) is 3. The van der Waals surface area contributed by atoms with Gasteiger partial charge >= 0.3 is 35.0 Å². The average Bonchev–Trinajstić information content (AvgIpc) is 3.05. The van der Waals surface area contributed by atoms with Crippen LogP contribution in [0.1, 0.15) is 72.1 Å². The SMILES string of the molecule is CC[Si](C)(O[Si](C)(C)Cl)O[Si](C)(C)O[Si](C)(C)C.COC(=O)CCCCC(=O)NCCNCCNC(=O)CCCCC(=O)OCCN(CCOC(C)=O)CC(C)O. The van der Waals surface area contributed by atoms with Crippen LogP contribution in [0.3, 0.4) is 0 Å². The van der Waals surface area contributed by atoms with Crippen LogP contribution in [0.25, 0.3) is 0 Å². The van der Waals surface area contributed by atoms with Crippen LogP contribution in [0, 0.1) is 0 Å². The molecule has 4 N–H and O–H groups in total. The predicted molar refractivity (Wildman–Crippen MR) is 233 cm³/mol. The fourth-order valence-electron chi connectivity index (χ4n) is 5.40. The highest BCUT2D eigenvalue weighted by Crippen LogP contribution is 2.27. The maximum atomic E-state index is 11.9. The highest BCUT2D eigenvalue weighted by Gasteiger charge is 2.44. The van der Waals surface area contributed by atoms with E-state index in [0.29, 0.717) is 90.8 Å². The molecule has 0 bridgehead atoms. The fourth-order valence-corrected chi connectivity index (χ4v) is 23.3. The van der Waals surface area contributed by atoms with Gasteiger partial charge in [-0.3, -0.25) is 28.9 Å². The molecule has 21 heteroatoms. The van der Waals surface area contributed by atoms with Gasteiger partial charge in [0.25, 0.3) is 7.63 Å². The maximum Gasteiger partial charge on any atom is 0.316 e. The van der Waals surface area contributed by atoms with Gasteiger partial charge < -0.3 is 47.6 Å².